The maximum Gasteiger partial charge on any atom is 0.245 e. The molecule has 18 heavy (non-hydrogen) atoms. The molecule has 4 nitrogen and oxygen atoms in total. The van der Waals surface area contributed by atoms with Crippen LogP contribution in [-0.4, -0.2) is 47.4 Å². The zero-order chi connectivity index (χ0) is 13.7. The molecule has 1 fully saturated rings. The van der Waals surface area contributed by atoms with E-state index in [1.54, 1.807) is 16.7 Å². The molecule has 1 heterocycles. The molecule has 0 aliphatic carbocycles. The lowest BCUT2D eigenvalue weighted by molar-refractivity contribution is -0.151. The second-order valence-corrected chi connectivity index (χ2v) is 6.05. The van der Waals surface area contributed by atoms with Crippen LogP contribution in [0.5, 0.6) is 0 Å². The summed E-state index contributed by atoms with van der Waals surface area (Å²) in [4.78, 5) is 26.3. The summed E-state index contributed by atoms with van der Waals surface area (Å²) in [5.41, 5.74) is 0. The van der Waals surface area contributed by atoms with Gasteiger partial charge in [0.2, 0.25) is 11.8 Å². The van der Waals surface area contributed by atoms with E-state index in [4.69, 9.17) is 0 Å². The molecule has 0 aromatic rings. The van der Waals surface area contributed by atoms with E-state index in [0.717, 1.165) is 18.6 Å². The minimum atomic E-state index is -0.320. The summed E-state index contributed by atoms with van der Waals surface area (Å²) < 4.78 is 0. The zero-order valence-corrected chi connectivity index (χ0v) is 12.5. The summed E-state index contributed by atoms with van der Waals surface area (Å²) in [7, 11) is 0. The van der Waals surface area contributed by atoms with Crippen LogP contribution in [0.3, 0.4) is 0 Å². The fourth-order valence-electron chi connectivity index (χ4n) is 2.38. The van der Waals surface area contributed by atoms with Gasteiger partial charge in [-0.05, 0) is 18.6 Å². The summed E-state index contributed by atoms with van der Waals surface area (Å²) in [6, 6.07) is -0.628. The number of nitrogens with one attached hydrogen (secondary N) is 1. The smallest absolute Gasteiger partial charge is 0.245 e. The van der Waals surface area contributed by atoms with Crippen LogP contribution in [0.15, 0.2) is 0 Å². The van der Waals surface area contributed by atoms with Crippen molar-refractivity contribution in [2.24, 2.45) is 5.92 Å². The summed E-state index contributed by atoms with van der Waals surface area (Å²) in [5, 5.41) is 2.87. The van der Waals surface area contributed by atoms with E-state index in [1.807, 2.05) is 27.0 Å². The number of carbonyl (C=O) groups excluding carboxylic acids is 2. The monoisotopic (exact) mass is 272 g/mol. The Hall–Kier alpha value is -0.710. The molecule has 1 aliphatic rings. The lowest BCUT2D eigenvalue weighted by atomic mass is 9.96. The fourth-order valence-corrected chi connectivity index (χ4v) is 2.76. The Balaban J connectivity index is 2.86. The lowest BCUT2D eigenvalue weighted by Crippen LogP contribution is -2.65. The van der Waals surface area contributed by atoms with Crippen LogP contribution >= 0.6 is 11.8 Å². The Morgan fingerprint density at radius 3 is 2.56 bits per heavy atom. The van der Waals surface area contributed by atoms with Gasteiger partial charge in [0.1, 0.15) is 12.1 Å². The topological polar surface area (TPSA) is 49.4 Å². The number of thioether (sulfide) groups is 1. The highest BCUT2D eigenvalue weighted by Crippen LogP contribution is 2.19. The molecule has 0 bridgehead atoms. The number of hydrogen-bond donors (Lipinski definition) is 1. The van der Waals surface area contributed by atoms with Crippen molar-refractivity contribution in [3.8, 4) is 0 Å². The second-order valence-electron chi connectivity index (χ2n) is 5.06. The van der Waals surface area contributed by atoms with Gasteiger partial charge in [0.25, 0.3) is 0 Å². The normalized spacial score (nSPS) is 24.6. The van der Waals surface area contributed by atoms with Gasteiger partial charge < -0.3 is 10.2 Å². The van der Waals surface area contributed by atoms with E-state index in [9.17, 15) is 9.59 Å². The molecule has 1 N–H and O–H groups in total. The second kappa shape index (κ2) is 7.02. The summed E-state index contributed by atoms with van der Waals surface area (Å²) in [5.74, 6) is 1.12. The predicted octanol–water partition coefficient (Wildman–Crippen LogP) is 1.50. The Labute approximate surface area is 114 Å². The lowest BCUT2D eigenvalue weighted by Gasteiger charge is -2.40. The van der Waals surface area contributed by atoms with E-state index < -0.39 is 0 Å². The average Bonchev–Trinajstić information content (AvgIpc) is 2.31. The van der Waals surface area contributed by atoms with Gasteiger partial charge in [-0.15, -0.1) is 0 Å². The van der Waals surface area contributed by atoms with Gasteiger partial charge in [-0.3, -0.25) is 9.59 Å². The predicted molar refractivity (Wildman–Crippen MR) is 75.6 cm³/mol. The molecule has 0 aromatic heterocycles. The van der Waals surface area contributed by atoms with Crippen molar-refractivity contribution in [2.75, 3.05) is 18.6 Å². The van der Waals surface area contributed by atoms with Gasteiger partial charge in [-0.1, -0.05) is 27.2 Å². The van der Waals surface area contributed by atoms with Crippen LogP contribution in [0.1, 0.15) is 33.6 Å². The number of carbonyl (C=O) groups is 2. The van der Waals surface area contributed by atoms with E-state index in [0.29, 0.717) is 6.54 Å². The molecule has 0 saturated carbocycles. The third-order valence-corrected chi connectivity index (χ3v) is 3.84. The number of rotatable bonds is 6. The van der Waals surface area contributed by atoms with Crippen LogP contribution < -0.4 is 5.32 Å². The third kappa shape index (κ3) is 3.40. The van der Waals surface area contributed by atoms with Gasteiger partial charge in [-0.25, -0.2) is 0 Å². The SMILES string of the molecule is CCCC1NC(=O)C(C(C)C)N(CCSC)C1=O. The van der Waals surface area contributed by atoms with Crippen LogP contribution in [0.4, 0.5) is 0 Å². The van der Waals surface area contributed by atoms with Gasteiger partial charge >= 0.3 is 0 Å². The maximum atomic E-state index is 12.4. The first-order valence-corrected chi connectivity index (χ1v) is 8.02. The van der Waals surface area contributed by atoms with Crippen molar-refractivity contribution in [3.05, 3.63) is 0 Å². The quantitative estimate of drug-likeness (QED) is 0.797. The van der Waals surface area contributed by atoms with Crippen molar-refractivity contribution >= 4 is 23.6 Å². The highest BCUT2D eigenvalue weighted by Gasteiger charge is 2.40. The van der Waals surface area contributed by atoms with Crippen molar-refractivity contribution in [2.45, 2.75) is 45.7 Å². The molecule has 104 valence electrons. The first kappa shape index (κ1) is 15.3. The molecule has 1 aliphatic heterocycles. The standard InChI is InChI=1S/C13H24N2O2S/c1-5-6-10-13(17)15(7-8-18-4)11(9(2)3)12(16)14-10/h9-11H,5-8H2,1-4H3,(H,14,16). The summed E-state index contributed by atoms with van der Waals surface area (Å²) in [6.45, 7) is 6.67. The third-order valence-electron chi connectivity index (χ3n) is 3.25. The van der Waals surface area contributed by atoms with Gasteiger partial charge in [0.15, 0.2) is 0 Å². The van der Waals surface area contributed by atoms with Crippen LogP contribution in [0, 0.1) is 5.92 Å². The number of nitrogens with zero attached hydrogens (tertiary/aromatic N) is 1. The Morgan fingerprint density at radius 1 is 1.39 bits per heavy atom. The molecule has 2 amide bonds. The Bertz CT molecular complexity index is 307. The van der Waals surface area contributed by atoms with E-state index >= 15 is 0 Å². The molecular formula is C13H24N2O2S. The zero-order valence-electron chi connectivity index (χ0n) is 11.7. The van der Waals surface area contributed by atoms with Gasteiger partial charge in [0, 0.05) is 12.3 Å². The van der Waals surface area contributed by atoms with Crippen LogP contribution in [-0.2, 0) is 9.59 Å². The van der Waals surface area contributed by atoms with Gasteiger partial charge in [0.05, 0.1) is 0 Å². The molecule has 0 aromatic carbocycles. The largest absolute Gasteiger partial charge is 0.342 e. The molecule has 1 rings (SSSR count). The van der Waals surface area contributed by atoms with Gasteiger partial charge in [-0.2, -0.15) is 11.8 Å². The highest BCUT2D eigenvalue weighted by molar-refractivity contribution is 7.98. The minimum Gasteiger partial charge on any atom is -0.342 e. The van der Waals surface area contributed by atoms with Crippen molar-refractivity contribution in [1.82, 2.24) is 10.2 Å². The summed E-state index contributed by atoms with van der Waals surface area (Å²) >= 11 is 1.70. The Kier molecular flexibility index (Phi) is 5.99. The molecule has 2 unspecified atom stereocenters. The maximum absolute atomic E-state index is 12.4. The summed E-state index contributed by atoms with van der Waals surface area (Å²) in [6.07, 6.45) is 3.65. The van der Waals surface area contributed by atoms with E-state index in [-0.39, 0.29) is 29.8 Å². The fraction of sp³-hybridized carbons (Fsp3) is 0.846. The number of piperazine rings is 1. The number of amides is 2. The Morgan fingerprint density at radius 2 is 2.06 bits per heavy atom. The molecular weight excluding hydrogens is 248 g/mol. The van der Waals surface area contributed by atoms with Crippen LogP contribution in [0.2, 0.25) is 0 Å². The van der Waals surface area contributed by atoms with Crippen molar-refractivity contribution in [3.63, 3.8) is 0 Å². The van der Waals surface area contributed by atoms with Crippen molar-refractivity contribution in [1.29, 1.82) is 0 Å². The highest BCUT2D eigenvalue weighted by atomic mass is 32.2. The van der Waals surface area contributed by atoms with E-state index in [1.165, 1.54) is 0 Å². The molecule has 0 radical (unpaired) electrons. The number of hydrogen-bond acceptors (Lipinski definition) is 3. The van der Waals surface area contributed by atoms with E-state index in [2.05, 4.69) is 5.32 Å². The minimum absolute atomic E-state index is 0.00385. The average molecular weight is 272 g/mol. The molecule has 1 saturated heterocycles. The van der Waals surface area contributed by atoms with Crippen LogP contribution in [0.25, 0.3) is 0 Å². The molecule has 0 spiro atoms. The first-order valence-electron chi connectivity index (χ1n) is 6.62. The molecule has 2 atom stereocenters. The van der Waals surface area contributed by atoms with Crippen molar-refractivity contribution < 1.29 is 9.59 Å². The first-order chi connectivity index (χ1) is 8.52. The molecule has 5 heteroatoms.